The minimum Gasteiger partial charge on any atom is -0.489 e. The van der Waals surface area contributed by atoms with Gasteiger partial charge in [-0.15, -0.1) is 11.3 Å². The molecule has 0 aliphatic rings. The van der Waals surface area contributed by atoms with Crippen LogP contribution >= 0.6 is 11.3 Å². The highest BCUT2D eigenvalue weighted by Crippen LogP contribution is 2.34. The number of benzene rings is 2. The number of fused-ring (bicyclic) bond motifs is 1. The van der Waals surface area contributed by atoms with E-state index in [4.69, 9.17) is 19.9 Å². The molecule has 0 spiro atoms. The third kappa shape index (κ3) is 5.09. The van der Waals surface area contributed by atoms with Crippen molar-refractivity contribution < 1.29 is 27.8 Å². The van der Waals surface area contributed by atoms with Crippen molar-refractivity contribution in [1.29, 1.82) is 0 Å². The van der Waals surface area contributed by atoms with E-state index in [0.29, 0.717) is 33.0 Å². The Hall–Kier alpha value is -3.72. The van der Waals surface area contributed by atoms with Crippen molar-refractivity contribution in [2.45, 2.75) is 27.1 Å². The van der Waals surface area contributed by atoms with E-state index in [1.54, 1.807) is 19.1 Å². The van der Waals surface area contributed by atoms with Crippen molar-refractivity contribution >= 4 is 33.2 Å². The summed E-state index contributed by atoms with van der Waals surface area (Å²) in [6.45, 7) is 3.92. The van der Waals surface area contributed by atoms with Gasteiger partial charge >= 0.3 is 5.97 Å². The highest BCUT2D eigenvalue weighted by Gasteiger charge is 2.18. The molecule has 2 aromatic heterocycles. The number of aryl methyl sites for hydroxylation is 1. The van der Waals surface area contributed by atoms with Crippen molar-refractivity contribution in [2.24, 2.45) is 0 Å². The van der Waals surface area contributed by atoms with Gasteiger partial charge in [-0.25, -0.2) is 18.6 Å². The van der Waals surface area contributed by atoms with Crippen molar-refractivity contribution in [2.75, 3.05) is 12.3 Å². The number of halogens is 2. The van der Waals surface area contributed by atoms with Crippen LogP contribution in [0.25, 0.3) is 10.1 Å². The zero-order chi connectivity index (χ0) is 24.2. The molecule has 0 bridgehead atoms. The van der Waals surface area contributed by atoms with Crippen LogP contribution in [0.5, 0.6) is 11.5 Å². The molecule has 2 heterocycles. The summed E-state index contributed by atoms with van der Waals surface area (Å²) in [7, 11) is 0. The molecule has 0 amide bonds. The molecule has 34 heavy (non-hydrogen) atoms. The summed E-state index contributed by atoms with van der Waals surface area (Å²) in [4.78, 5) is 16.4. The molecule has 0 saturated carbocycles. The number of thiophene rings is 1. The Morgan fingerprint density at radius 2 is 1.76 bits per heavy atom. The number of anilines is 1. The maximum Gasteiger partial charge on any atom is 0.341 e. The van der Waals surface area contributed by atoms with Crippen molar-refractivity contribution in [1.82, 2.24) is 4.98 Å². The lowest BCUT2D eigenvalue weighted by molar-refractivity contribution is 0.0528. The van der Waals surface area contributed by atoms with Gasteiger partial charge in [-0.2, -0.15) is 0 Å². The molecule has 2 N–H and O–H groups in total. The predicted octanol–water partition coefficient (Wildman–Crippen LogP) is 5.80. The fourth-order valence-electron chi connectivity index (χ4n) is 3.45. The second-order valence-electron chi connectivity index (χ2n) is 7.54. The van der Waals surface area contributed by atoms with Gasteiger partial charge in [-0.05, 0) is 55.1 Å². The highest BCUT2D eigenvalue weighted by atomic mass is 32.1. The average molecular weight is 485 g/mol. The fourth-order valence-corrected chi connectivity index (χ4v) is 4.51. The molecule has 0 saturated heterocycles. The highest BCUT2D eigenvalue weighted by molar-refractivity contribution is 7.17. The van der Waals surface area contributed by atoms with Crippen LogP contribution in [0.2, 0.25) is 0 Å². The van der Waals surface area contributed by atoms with Crippen LogP contribution < -0.4 is 15.2 Å². The third-order valence-corrected chi connectivity index (χ3v) is 6.08. The van der Waals surface area contributed by atoms with Gasteiger partial charge in [0.2, 0.25) is 0 Å². The molecular formula is C25H22F2N2O4S. The number of nitrogens with zero attached hydrogens (tertiary/aromatic N) is 1. The lowest BCUT2D eigenvalue weighted by Gasteiger charge is -2.12. The van der Waals surface area contributed by atoms with Crippen LogP contribution in [-0.4, -0.2) is 17.6 Å². The number of hydrogen-bond donors (Lipinski definition) is 1. The summed E-state index contributed by atoms with van der Waals surface area (Å²) in [5.41, 5.74) is 8.22. The Kier molecular flexibility index (Phi) is 6.93. The van der Waals surface area contributed by atoms with Gasteiger partial charge in [0.1, 0.15) is 42.2 Å². The zero-order valence-electron chi connectivity index (χ0n) is 18.6. The normalized spacial score (nSPS) is 10.9. The van der Waals surface area contributed by atoms with Crippen LogP contribution in [0, 0.1) is 18.6 Å². The molecule has 0 aliphatic carbocycles. The van der Waals surface area contributed by atoms with Crippen LogP contribution in [0.4, 0.5) is 14.6 Å². The second kappa shape index (κ2) is 10.0. The number of hydrogen-bond acceptors (Lipinski definition) is 7. The first kappa shape index (κ1) is 23.4. The number of ether oxygens (including phenoxy) is 3. The van der Waals surface area contributed by atoms with E-state index >= 15 is 0 Å². The summed E-state index contributed by atoms with van der Waals surface area (Å²) < 4.78 is 44.7. The van der Waals surface area contributed by atoms with Gasteiger partial charge in [-0.1, -0.05) is 0 Å². The zero-order valence-corrected chi connectivity index (χ0v) is 19.4. The Morgan fingerprint density at radius 1 is 1.06 bits per heavy atom. The topological polar surface area (TPSA) is 83.7 Å². The van der Waals surface area contributed by atoms with Crippen LogP contribution in [0.1, 0.15) is 34.0 Å². The van der Waals surface area contributed by atoms with Crippen LogP contribution in [0.3, 0.4) is 0 Å². The number of nitrogens with two attached hydrogens (primary N) is 1. The Labute approximate surface area is 198 Å². The minimum absolute atomic E-state index is 0.120. The van der Waals surface area contributed by atoms with Crippen LogP contribution in [0.15, 0.2) is 48.0 Å². The van der Waals surface area contributed by atoms with E-state index in [-0.39, 0.29) is 25.4 Å². The number of carbonyl (C=O) groups is 1. The summed E-state index contributed by atoms with van der Waals surface area (Å²) in [6, 6.07) is 8.51. The van der Waals surface area contributed by atoms with Crippen LogP contribution in [-0.2, 0) is 18.0 Å². The summed E-state index contributed by atoms with van der Waals surface area (Å²) >= 11 is 1.37. The van der Waals surface area contributed by atoms with E-state index < -0.39 is 17.6 Å². The summed E-state index contributed by atoms with van der Waals surface area (Å²) in [5.74, 6) is -0.237. The lowest BCUT2D eigenvalue weighted by Crippen LogP contribution is -2.07. The first-order valence-corrected chi connectivity index (χ1v) is 11.4. The lowest BCUT2D eigenvalue weighted by atomic mass is 10.1. The Bertz CT molecular complexity index is 1360. The van der Waals surface area contributed by atoms with E-state index in [1.165, 1.54) is 17.5 Å². The molecule has 0 fully saturated rings. The maximum atomic E-state index is 13.9. The number of esters is 1. The SMILES string of the molecule is CCOC(=O)c1cnc(N)c2c(COc3cc(C)cc(OCc4cc(F)ccc4F)c3)csc12. The first-order chi connectivity index (χ1) is 16.4. The molecule has 0 unspecified atom stereocenters. The molecule has 9 heteroatoms. The monoisotopic (exact) mass is 484 g/mol. The standard InChI is InChI=1S/C25H22F2N2O4S/c1-3-31-25(30)20-10-29-24(28)22-16(13-34-23(20)22)12-33-19-7-14(2)6-18(9-19)32-11-15-8-17(26)4-5-21(15)27/h4-10,13H,3,11-12H2,1-2H3,(H2,28,29). The Morgan fingerprint density at radius 3 is 2.47 bits per heavy atom. The molecule has 2 aromatic carbocycles. The van der Waals surface area contributed by atoms with Crippen molar-refractivity contribution in [3.8, 4) is 11.5 Å². The minimum atomic E-state index is -0.539. The number of carbonyl (C=O) groups excluding carboxylic acids is 1. The van der Waals surface area contributed by atoms with Gasteiger partial charge in [0.15, 0.2) is 0 Å². The molecule has 0 atom stereocenters. The van der Waals surface area contributed by atoms with E-state index in [2.05, 4.69) is 4.98 Å². The number of nitrogen functional groups attached to an aromatic ring is 1. The van der Waals surface area contributed by atoms with E-state index in [1.807, 2.05) is 18.4 Å². The van der Waals surface area contributed by atoms with E-state index in [0.717, 1.165) is 29.3 Å². The summed E-state index contributed by atoms with van der Waals surface area (Å²) in [5, 5.41) is 2.52. The quantitative estimate of drug-likeness (QED) is 0.318. The number of aromatic nitrogens is 1. The van der Waals surface area contributed by atoms with Crippen molar-refractivity contribution in [3.05, 3.63) is 81.9 Å². The summed E-state index contributed by atoms with van der Waals surface area (Å²) in [6.07, 6.45) is 1.42. The van der Waals surface area contributed by atoms with Gasteiger partial charge < -0.3 is 19.9 Å². The third-order valence-electron chi connectivity index (χ3n) is 5.02. The second-order valence-corrected chi connectivity index (χ2v) is 8.42. The molecule has 0 radical (unpaired) electrons. The molecule has 4 aromatic rings. The maximum absolute atomic E-state index is 13.9. The molecule has 4 rings (SSSR count). The molecule has 0 aliphatic heterocycles. The smallest absolute Gasteiger partial charge is 0.341 e. The molecular weight excluding hydrogens is 462 g/mol. The van der Waals surface area contributed by atoms with Gasteiger partial charge in [0, 0.05) is 28.8 Å². The predicted molar refractivity (Wildman–Crippen MR) is 126 cm³/mol. The van der Waals surface area contributed by atoms with Gasteiger partial charge in [0.05, 0.1) is 16.9 Å². The van der Waals surface area contributed by atoms with E-state index in [9.17, 15) is 13.6 Å². The average Bonchev–Trinajstić information content (AvgIpc) is 3.23. The fraction of sp³-hybridized carbons (Fsp3) is 0.200. The van der Waals surface area contributed by atoms with Gasteiger partial charge in [-0.3, -0.25) is 0 Å². The Balaban J connectivity index is 1.52. The number of pyridine rings is 1. The van der Waals surface area contributed by atoms with Gasteiger partial charge in [0.25, 0.3) is 0 Å². The van der Waals surface area contributed by atoms with Crippen molar-refractivity contribution in [3.63, 3.8) is 0 Å². The number of rotatable bonds is 8. The largest absolute Gasteiger partial charge is 0.489 e. The first-order valence-electron chi connectivity index (χ1n) is 10.5. The molecule has 176 valence electrons. The molecule has 6 nitrogen and oxygen atoms in total.